The molecule has 0 aliphatic heterocycles. The van der Waals surface area contributed by atoms with E-state index in [0.29, 0.717) is 0 Å². The van der Waals surface area contributed by atoms with Crippen molar-refractivity contribution in [2.45, 2.75) is 38.5 Å². The molecule has 3 nitrogen and oxygen atoms in total. The van der Waals surface area contributed by atoms with Crippen LogP contribution in [0.15, 0.2) is 0 Å². The topological polar surface area (TPSA) is 38.3 Å². The second-order valence-corrected chi connectivity index (χ2v) is 3.20. The van der Waals surface area contributed by atoms with Crippen molar-refractivity contribution >= 4 is 5.97 Å². The molecule has 1 N–H and O–H groups in total. The average Bonchev–Trinajstić information content (AvgIpc) is 2.00. The van der Waals surface area contributed by atoms with E-state index < -0.39 is 24.6 Å². The molecule has 0 aliphatic carbocycles. The highest BCUT2D eigenvalue weighted by atomic mass is 19.4. The summed E-state index contributed by atoms with van der Waals surface area (Å²) in [5.41, 5.74) is 0. The zero-order valence-electron chi connectivity index (χ0n) is 8.31. The summed E-state index contributed by atoms with van der Waals surface area (Å²) >= 11 is 0. The standard InChI is InChI=1S/C8H14F3NO2/c1-5(2)12-6(8(9,10)11)4-7(13)14-3/h5-6,12H,4H2,1-3H3. The lowest BCUT2D eigenvalue weighted by Gasteiger charge is -2.22. The summed E-state index contributed by atoms with van der Waals surface area (Å²) < 4.78 is 41.1. The van der Waals surface area contributed by atoms with Crippen LogP contribution >= 0.6 is 0 Å². The van der Waals surface area contributed by atoms with E-state index in [1.54, 1.807) is 13.8 Å². The van der Waals surface area contributed by atoms with Crippen molar-refractivity contribution in [2.24, 2.45) is 0 Å². The predicted octanol–water partition coefficient (Wildman–Crippen LogP) is 1.48. The summed E-state index contributed by atoms with van der Waals surface area (Å²) in [6.45, 7) is 3.16. The lowest BCUT2D eigenvalue weighted by Crippen LogP contribution is -2.46. The Bertz CT molecular complexity index is 192. The largest absolute Gasteiger partial charge is 0.469 e. The van der Waals surface area contributed by atoms with Crippen molar-refractivity contribution < 1.29 is 22.7 Å². The molecule has 0 aromatic rings. The number of methoxy groups -OCH3 is 1. The van der Waals surface area contributed by atoms with Crippen LogP contribution in [0.3, 0.4) is 0 Å². The zero-order valence-corrected chi connectivity index (χ0v) is 8.31. The van der Waals surface area contributed by atoms with Gasteiger partial charge >= 0.3 is 12.1 Å². The molecule has 1 atom stereocenters. The summed E-state index contributed by atoms with van der Waals surface area (Å²) in [4.78, 5) is 10.7. The number of hydrogen-bond acceptors (Lipinski definition) is 3. The maximum Gasteiger partial charge on any atom is 0.404 e. The van der Waals surface area contributed by atoms with Gasteiger partial charge in [0.05, 0.1) is 13.5 Å². The van der Waals surface area contributed by atoms with Crippen LogP contribution in [0.5, 0.6) is 0 Å². The minimum Gasteiger partial charge on any atom is -0.469 e. The minimum atomic E-state index is -4.43. The molecule has 0 aliphatic rings. The molecule has 0 saturated heterocycles. The van der Waals surface area contributed by atoms with Gasteiger partial charge in [0.15, 0.2) is 0 Å². The fourth-order valence-corrected chi connectivity index (χ4v) is 0.922. The summed E-state index contributed by atoms with van der Waals surface area (Å²) in [6, 6.07) is -2.18. The first-order chi connectivity index (χ1) is 6.27. The SMILES string of the molecule is COC(=O)CC(NC(C)C)C(F)(F)F. The van der Waals surface area contributed by atoms with Crippen LogP contribution in [-0.2, 0) is 9.53 Å². The lowest BCUT2D eigenvalue weighted by atomic mass is 10.2. The van der Waals surface area contributed by atoms with E-state index in [1.807, 2.05) is 0 Å². The first-order valence-electron chi connectivity index (χ1n) is 4.17. The van der Waals surface area contributed by atoms with Gasteiger partial charge < -0.3 is 10.1 Å². The van der Waals surface area contributed by atoms with Gasteiger partial charge in [-0.2, -0.15) is 13.2 Å². The maximum atomic E-state index is 12.3. The van der Waals surface area contributed by atoms with Crippen LogP contribution in [0.2, 0.25) is 0 Å². The Kier molecular flexibility index (Phi) is 4.90. The first-order valence-corrected chi connectivity index (χ1v) is 4.17. The smallest absolute Gasteiger partial charge is 0.404 e. The molecule has 0 radical (unpaired) electrons. The summed E-state index contributed by atoms with van der Waals surface area (Å²) in [6.07, 6.45) is -5.13. The third kappa shape index (κ3) is 5.06. The molecule has 0 aromatic heterocycles. The quantitative estimate of drug-likeness (QED) is 0.719. The number of carbonyl (C=O) groups is 1. The Labute approximate surface area is 80.6 Å². The van der Waals surface area contributed by atoms with Gasteiger partial charge in [-0.25, -0.2) is 0 Å². The highest BCUT2D eigenvalue weighted by molar-refractivity contribution is 5.70. The van der Waals surface area contributed by atoms with Crippen molar-refractivity contribution in [3.63, 3.8) is 0 Å². The van der Waals surface area contributed by atoms with Crippen LogP contribution in [0.25, 0.3) is 0 Å². The second-order valence-electron chi connectivity index (χ2n) is 3.20. The lowest BCUT2D eigenvalue weighted by molar-refractivity contribution is -0.169. The van der Waals surface area contributed by atoms with E-state index in [0.717, 1.165) is 7.11 Å². The molecule has 14 heavy (non-hydrogen) atoms. The number of nitrogens with one attached hydrogen (secondary N) is 1. The molecule has 0 aromatic carbocycles. The number of alkyl halides is 3. The molecule has 0 rings (SSSR count). The van der Waals surface area contributed by atoms with Gasteiger partial charge in [0.2, 0.25) is 0 Å². The third-order valence-electron chi connectivity index (χ3n) is 1.53. The number of carbonyl (C=O) groups excluding carboxylic acids is 1. The maximum absolute atomic E-state index is 12.3. The molecular weight excluding hydrogens is 199 g/mol. The van der Waals surface area contributed by atoms with E-state index in [9.17, 15) is 18.0 Å². The molecule has 6 heteroatoms. The van der Waals surface area contributed by atoms with E-state index in [-0.39, 0.29) is 6.04 Å². The van der Waals surface area contributed by atoms with Gasteiger partial charge in [-0.05, 0) is 0 Å². The van der Waals surface area contributed by atoms with Crippen LogP contribution in [0.4, 0.5) is 13.2 Å². The van der Waals surface area contributed by atoms with Crippen LogP contribution in [0, 0.1) is 0 Å². The van der Waals surface area contributed by atoms with Gasteiger partial charge in [-0.1, -0.05) is 13.8 Å². The molecular formula is C8H14F3NO2. The van der Waals surface area contributed by atoms with Crippen molar-refractivity contribution in [2.75, 3.05) is 7.11 Å². The number of ether oxygens (including phenoxy) is 1. The second kappa shape index (κ2) is 5.19. The third-order valence-corrected chi connectivity index (χ3v) is 1.53. The minimum absolute atomic E-state index is 0.341. The zero-order chi connectivity index (χ0) is 11.4. The molecule has 0 spiro atoms. The normalized spacial score (nSPS) is 14.2. The number of hydrogen-bond donors (Lipinski definition) is 1. The Balaban J connectivity index is 4.33. The molecule has 0 heterocycles. The highest BCUT2D eigenvalue weighted by Gasteiger charge is 2.41. The molecule has 84 valence electrons. The van der Waals surface area contributed by atoms with Crippen LogP contribution in [-0.4, -0.2) is 31.3 Å². The summed E-state index contributed by atoms with van der Waals surface area (Å²) in [5, 5.41) is 2.26. The number of halogens is 3. The number of rotatable bonds is 4. The van der Waals surface area contributed by atoms with Gasteiger partial charge in [0, 0.05) is 6.04 Å². The molecule has 1 unspecified atom stereocenters. The van der Waals surface area contributed by atoms with Gasteiger partial charge in [0.25, 0.3) is 0 Å². The van der Waals surface area contributed by atoms with Crippen LogP contribution in [0.1, 0.15) is 20.3 Å². The first kappa shape index (κ1) is 13.2. The van der Waals surface area contributed by atoms with Gasteiger partial charge in [-0.15, -0.1) is 0 Å². The highest BCUT2D eigenvalue weighted by Crippen LogP contribution is 2.23. The Morgan fingerprint density at radius 3 is 2.21 bits per heavy atom. The fraction of sp³-hybridized carbons (Fsp3) is 0.875. The van der Waals surface area contributed by atoms with E-state index in [1.165, 1.54) is 0 Å². The van der Waals surface area contributed by atoms with Crippen LogP contribution < -0.4 is 5.32 Å². The van der Waals surface area contributed by atoms with E-state index >= 15 is 0 Å². The molecule has 0 saturated carbocycles. The van der Waals surface area contributed by atoms with E-state index in [4.69, 9.17) is 0 Å². The predicted molar refractivity (Wildman–Crippen MR) is 44.7 cm³/mol. The average molecular weight is 213 g/mol. The van der Waals surface area contributed by atoms with Crippen molar-refractivity contribution in [1.82, 2.24) is 5.32 Å². The molecule has 0 bridgehead atoms. The molecule has 0 amide bonds. The van der Waals surface area contributed by atoms with Gasteiger partial charge in [0.1, 0.15) is 6.04 Å². The fourth-order valence-electron chi connectivity index (χ4n) is 0.922. The summed E-state index contributed by atoms with van der Waals surface area (Å²) in [7, 11) is 1.06. The summed E-state index contributed by atoms with van der Waals surface area (Å²) in [5.74, 6) is -0.875. The van der Waals surface area contributed by atoms with Gasteiger partial charge in [-0.3, -0.25) is 4.79 Å². The molecule has 0 fully saturated rings. The Morgan fingerprint density at radius 2 is 1.93 bits per heavy atom. The van der Waals surface area contributed by atoms with E-state index in [2.05, 4.69) is 10.1 Å². The van der Waals surface area contributed by atoms with Crippen molar-refractivity contribution in [1.29, 1.82) is 0 Å². The number of esters is 1. The van der Waals surface area contributed by atoms with Crippen molar-refractivity contribution in [3.8, 4) is 0 Å². The monoisotopic (exact) mass is 213 g/mol. The van der Waals surface area contributed by atoms with Crippen molar-refractivity contribution in [3.05, 3.63) is 0 Å². The Hall–Kier alpha value is -0.780. The Morgan fingerprint density at radius 1 is 1.43 bits per heavy atom.